The van der Waals surface area contributed by atoms with Gasteiger partial charge < -0.3 is 4.42 Å². The van der Waals surface area contributed by atoms with Gasteiger partial charge in [-0.3, -0.25) is 0 Å². The smallest absolute Gasteiger partial charge is 0.164 e. The molecule has 0 saturated heterocycles. The van der Waals surface area contributed by atoms with Crippen molar-refractivity contribution >= 4 is 43.5 Å². The fraction of sp³-hybridized carbons (Fsp3) is 0. The van der Waals surface area contributed by atoms with Crippen molar-refractivity contribution in [1.82, 2.24) is 15.0 Å². The molecule has 10 aromatic rings. The van der Waals surface area contributed by atoms with Gasteiger partial charge in [0.15, 0.2) is 17.5 Å². The minimum atomic E-state index is 0.594. The summed E-state index contributed by atoms with van der Waals surface area (Å²) in [6.45, 7) is 0. The zero-order valence-electron chi connectivity index (χ0n) is 27.5. The van der Waals surface area contributed by atoms with Gasteiger partial charge >= 0.3 is 0 Å². The molecule has 0 aliphatic rings. The second-order valence-corrected chi connectivity index (χ2v) is 12.8. The second-order valence-electron chi connectivity index (χ2n) is 12.8. The van der Waals surface area contributed by atoms with Crippen LogP contribution in [0, 0.1) is 0 Å². The Morgan fingerprint density at radius 2 is 0.882 bits per heavy atom. The van der Waals surface area contributed by atoms with E-state index in [4.69, 9.17) is 19.4 Å². The van der Waals surface area contributed by atoms with E-state index in [-0.39, 0.29) is 0 Å². The number of benzene rings is 8. The van der Waals surface area contributed by atoms with Crippen LogP contribution in [0.1, 0.15) is 0 Å². The van der Waals surface area contributed by atoms with Gasteiger partial charge in [0.05, 0.1) is 0 Å². The largest absolute Gasteiger partial charge is 0.456 e. The predicted octanol–water partition coefficient (Wildman–Crippen LogP) is 12.4. The van der Waals surface area contributed by atoms with E-state index in [1.807, 2.05) is 54.6 Å². The lowest BCUT2D eigenvalue weighted by atomic mass is 9.95. The Morgan fingerprint density at radius 1 is 0.314 bits per heavy atom. The Hall–Kier alpha value is -6.91. The van der Waals surface area contributed by atoms with Gasteiger partial charge in [0.25, 0.3) is 0 Å². The average Bonchev–Trinajstić information content (AvgIpc) is 3.58. The Kier molecular flexibility index (Phi) is 6.78. The predicted molar refractivity (Wildman–Crippen MR) is 209 cm³/mol. The van der Waals surface area contributed by atoms with Crippen LogP contribution in [0.25, 0.3) is 99.9 Å². The molecule has 51 heavy (non-hydrogen) atoms. The summed E-state index contributed by atoms with van der Waals surface area (Å²) >= 11 is 0. The van der Waals surface area contributed by atoms with Gasteiger partial charge in [0.2, 0.25) is 0 Å². The number of fused-ring (bicyclic) bond motifs is 6. The molecule has 0 N–H and O–H groups in total. The summed E-state index contributed by atoms with van der Waals surface area (Å²) < 4.78 is 6.52. The van der Waals surface area contributed by atoms with Gasteiger partial charge in [-0.1, -0.05) is 140 Å². The number of furan rings is 1. The quantitative estimate of drug-likeness (QED) is 0.174. The first-order valence-corrected chi connectivity index (χ1v) is 17.1. The third kappa shape index (κ3) is 5.13. The molecule has 0 spiro atoms. The molecule has 0 aliphatic heterocycles. The lowest BCUT2D eigenvalue weighted by Crippen LogP contribution is -2.01. The highest BCUT2D eigenvalue weighted by Gasteiger charge is 2.19. The van der Waals surface area contributed by atoms with Crippen LogP contribution in [-0.2, 0) is 0 Å². The van der Waals surface area contributed by atoms with Crippen LogP contribution in [0.2, 0.25) is 0 Å². The summed E-state index contributed by atoms with van der Waals surface area (Å²) in [5.74, 6) is 1.81. The molecule has 0 atom stereocenters. The van der Waals surface area contributed by atoms with Crippen LogP contribution >= 0.6 is 0 Å². The third-order valence-corrected chi connectivity index (χ3v) is 9.67. The van der Waals surface area contributed by atoms with Gasteiger partial charge in [-0.15, -0.1) is 0 Å². The van der Waals surface area contributed by atoms with Crippen molar-refractivity contribution in [3.05, 3.63) is 176 Å². The number of hydrogen-bond donors (Lipinski definition) is 0. The molecule has 0 unspecified atom stereocenters. The number of rotatable bonds is 5. The molecule has 8 aromatic carbocycles. The molecule has 0 radical (unpaired) electrons. The van der Waals surface area contributed by atoms with E-state index in [2.05, 4.69) is 121 Å². The van der Waals surface area contributed by atoms with Gasteiger partial charge in [-0.2, -0.15) is 0 Å². The van der Waals surface area contributed by atoms with Crippen LogP contribution in [-0.4, -0.2) is 15.0 Å². The van der Waals surface area contributed by atoms with Crippen LogP contribution in [0.15, 0.2) is 180 Å². The summed E-state index contributed by atoms with van der Waals surface area (Å²) in [6.07, 6.45) is 0. The molecule has 0 bridgehead atoms. The maximum Gasteiger partial charge on any atom is 0.164 e. The van der Waals surface area contributed by atoms with Gasteiger partial charge in [-0.25, -0.2) is 15.0 Å². The molecule has 0 saturated carbocycles. The van der Waals surface area contributed by atoms with Crippen molar-refractivity contribution < 1.29 is 4.42 Å². The first kappa shape index (κ1) is 29.0. The lowest BCUT2D eigenvalue weighted by molar-refractivity contribution is 0.669. The van der Waals surface area contributed by atoms with Crippen molar-refractivity contribution in [3.8, 4) is 56.4 Å². The second kappa shape index (κ2) is 11.9. The monoisotopic (exact) mass is 651 g/mol. The Labute approximate surface area is 294 Å². The number of aromatic nitrogens is 3. The normalized spacial score (nSPS) is 11.5. The van der Waals surface area contributed by atoms with E-state index in [1.54, 1.807) is 0 Å². The third-order valence-electron chi connectivity index (χ3n) is 9.67. The molecule has 4 nitrogen and oxygen atoms in total. The Morgan fingerprint density at radius 3 is 1.59 bits per heavy atom. The first-order chi connectivity index (χ1) is 25.2. The van der Waals surface area contributed by atoms with E-state index in [9.17, 15) is 0 Å². The zero-order chi connectivity index (χ0) is 33.7. The lowest BCUT2D eigenvalue weighted by Gasteiger charge is -2.13. The van der Waals surface area contributed by atoms with Gasteiger partial charge in [0, 0.05) is 27.5 Å². The highest BCUT2D eigenvalue weighted by Crippen LogP contribution is 2.40. The summed E-state index contributed by atoms with van der Waals surface area (Å²) in [7, 11) is 0. The maximum absolute atomic E-state index is 6.52. The van der Waals surface area contributed by atoms with E-state index >= 15 is 0 Å². The van der Waals surface area contributed by atoms with Crippen molar-refractivity contribution in [2.75, 3.05) is 0 Å². The summed E-state index contributed by atoms with van der Waals surface area (Å²) in [6, 6.07) is 61.1. The zero-order valence-corrected chi connectivity index (χ0v) is 27.5. The Bertz CT molecular complexity index is 2840. The van der Waals surface area contributed by atoms with Crippen LogP contribution in [0.4, 0.5) is 0 Å². The molecule has 0 amide bonds. The van der Waals surface area contributed by atoms with Crippen molar-refractivity contribution in [3.63, 3.8) is 0 Å². The molecule has 238 valence electrons. The van der Waals surface area contributed by atoms with Crippen LogP contribution < -0.4 is 0 Å². The standard InChI is InChI=1S/C47H29N3O/c1-4-13-30(14-5-1)35-25-36(31-15-6-2-7-16-31)27-37(26-35)46-48-45(33-18-8-3-9-19-33)49-47(50-46)39-21-12-22-42-44(39)41-29-40-34(28-43(41)51-42)24-23-32-17-10-11-20-38(32)40/h1-29H. The topological polar surface area (TPSA) is 51.8 Å². The van der Waals surface area contributed by atoms with Crippen LogP contribution in [0.5, 0.6) is 0 Å². The molecule has 0 aliphatic carbocycles. The van der Waals surface area contributed by atoms with Crippen LogP contribution in [0.3, 0.4) is 0 Å². The van der Waals surface area contributed by atoms with E-state index in [0.29, 0.717) is 17.5 Å². The molecule has 0 fully saturated rings. The summed E-state index contributed by atoms with van der Waals surface area (Å²) in [4.78, 5) is 15.5. The summed E-state index contributed by atoms with van der Waals surface area (Å²) in [5.41, 5.74) is 8.81. The molecule has 4 heteroatoms. The van der Waals surface area contributed by atoms with Gasteiger partial charge in [0.1, 0.15) is 11.2 Å². The fourth-order valence-corrected chi connectivity index (χ4v) is 7.21. The highest BCUT2D eigenvalue weighted by atomic mass is 16.3. The van der Waals surface area contributed by atoms with Crippen molar-refractivity contribution in [2.45, 2.75) is 0 Å². The minimum absolute atomic E-state index is 0.594. The Balaban J connectivity index is 1.24. The SMILES string of the molecule is c1ccc(-c2cc(-c3ccccc3)cc(-c3nc(-c4ccccc4)nc(-c4cccc5oc6cc7ccc8ccccc8c7cc6c45)n3)c2)cc1. The average molecular weight is 652 g/mol. The molecular weight excluding hydrogens is 623 g/mol. The van der Waals surface area contributed by atoms with Gasteiger partial charge in [-0.05, 0) is 80.2 Å². The molecule has 2 aromatic heterocycles. The van der Waals surface area contributed by atoms with Crippen molar-refractivity contribution in [2.24, 2.45) is 0 Å². The molecular formula is C47H29N3O. The number of hydrogen-bond acceptors (Lipinski definition) is 4. The first-order valence-electron chi connectivity index (χ1n) is 17.1. The number of nitrogens with zero attached hydrogens (tertiary/aromatic N) is 3. The van der Waals surface area contributed by atoms with E-state index in [1.165, 1.54) is 16.2 Å². The van der Waals surface area contributed by atoms with E-state index in [0.717, 1.165) is 66.3 Å². The molecule has 2 heterocycles. The maximum atomic E-state index is 6.52. The fourth-order valence-electron chi connectivity index (χ4n) is 7.21. The minimum Gasteiger partial charge on any atom is -0.456 e. The van der Waals surface area contributed by atoms with Crippen molar-refractivity contribution in [1.29, 1.82) is 0 Å². The van der Waals surface area contributed by atoms with E-state index < -0.39 is 0 Å². The highest BCUT2D eigenvalue weighted by molar-refractivity contribution is 6.19. The summed E-state index contributed by atoms with van der Waals surface area (Å²) in [5, 5.41) is 6.77. The molecule has 10 rings (SSSR count).